The quantitative estimate of drug-likeness (QED) is 0.405. The summed E-state index contributed by atoms with van der Waals surface area (Å²) >= 11 is 6.14. The molecule has 7 nitrogen and oxygen atoms in total. The van der Waals surface area contributed by atoms with Crippen LogP contribution in [0.1, 0.15) is 25.0 Å². The monoisotopic (exact) mass is 545 g/mol. The van der Waals surface area contributed by atoms with Crippen molar-refractivity contribution in [2.24, 2.45) is 0 Å². The van der Waals surface area contributed by atoms with E-state index in [1.54, 1.807) is 37.3 Å². The molecule has 0 saturated heterocycles. The van der Waals surface area contributed by atoms with Crippen LogP contribution in [0.5, 0.6) is 0 Å². The normalized spacial score (nSPS) is 12.0. The van der Waals surface area contributed by atoms with Crippen molar-refractivity contribution in [1.29, 1.82) is 0 Å². The molecular weight excluding hydrogens is 517 g/mol. The topological polar surface area (TPSA) is 86.8 Å². The second-order valence-corrected chi connectivity index (χ2v) is 10.8. The van der Waals surface area contributed by atoms with Crippen LogP contribution in [0.4, 0.5) is 10.1 Å². The smallest absolute Gasteiger partial charge is 0.264 e. The minimum Gasteiger partial charge on any atom is -0.355 e. The van der Waals surface area contributed by atoms with Gasteiger partial charge >= 0.3 is 0 Å². The summed E-state index contributed by atoms with van der Waals surface area (Å²) in [5.74, 6) is -1.66. The van der Waals surface area contributed by atoms with Crippen molar-refractivity contribution in [1.82, 2.24) is 10.2 Å². The summed E-state index contributed by atoms with van der Waals surface area (Å²) < 4.78 is 42.8. The number of nitrogens with zero attached hydrogens (tertiary/aromatic N) is 2. The predicted molar refractivity (Wildman–Crippen MR) is 142 cm³/mol. The Kier molecular flexibility index (Phi) is 9.29. The molecular formula is C27H29ClFN3O4S. The van der Waals surface area contributed by atoms with Gasteiger partial charge in [0.25, 0.3) is 10.0 Å². The molecule has 3 rings (SSSR count). The summed E-state index contributed by atoms with van der Waals surface area (Å²) in [7, 11) is -4.20. The molecule has 10 heteroatoms. The number of aryl methyl sites for hydroxylation is 1. The van der Waals surface area contributed by atoms with E-state index in [1.165, 1.54) is 54.3 Å². The zero-order valence-corrected chi connectivity index (χ0v) is 22.4. The van der Waals surface area contributed by atoms with Gasteiger partial charge in [-0.15, -0.1) is 0 Å². The summed E-state index contributed by atoms with van der Waals surface area (Å²) in [6, 6.07) is 17.3. The Hall–Kier alpha value is -3.43. The molecule has 0 radical (unpaired) electrons. The predicted octanol–water partition coefficient (Wildman–Crippen LogP) is 4.54. The molecule has 0 aliphatic heterocycles. The van der Waals surface area contributed by atoms with E-state index in [9.17, 15) is 22.4 Å². The Labute approximate surface area is 221 Å². The number of carbonyl (C=O) groups excluding carboxylic acids is 2. The molecule has 1 atom stereocenters. The maximum Gasteiger partial charge on any atom is 0.264 e. The second-order valence-electron chi connectivity index (χ2n) is 8.49. The minimum atomic E-state index is -4.20. The van der Waals surface area contributed by atoms with Crippen molar-refractivity contribution in [3.05, 3.63) is 94.8 Å². The van der Waals surface area contributed by atoms with Crippen LogP contribution in [0.3, 0.4) is 0 Å². The first-order chi connectivity index (χ1) is 17.5. The molecule has 0 heterocycles. The standard InChI is InChI=1S/C27H29ClFN3O4S/c1-4-30-27(34)20(3)31(17-21-8-5-6-11-25(21)29)26(33)18-32(23-10-7-9-22(28)16-23)37(35,36)24-14-12-19(2)13-15-24/h5-16,20H,4,17-18H2,1-3H3,(H,30,34)/t20-/m0/s1. The highest BCUT2D eigenvalue weighted by Gasteiger charge is 2.32. The van der Waals surface area contributed by atoms with Crippen molar-refractivity contribution < 1.29 is 22.4 Å². The Bertz CT molecular complexity index is 1370. The lowest BCUT2D eigenvalue weighted by Crippen LogP contribution is -2.51. The molecule has 196 valence electrons. The lowest BCUT2D eigenvalue weighted by Gasteiger charge is -2.32. The van der Waals surface area contributed by atoms with Gasteiger partial charge in [-0.1, -0.05) is 53.6 Å². The summed E-state index contributed by atoms with van der Waals surface area (Å²) in [4.78, 5) is 27.5. The van der Waals surface area contributed by atoms with Gasteiger partial charge in [0.05, 0.1) is 10.6 Å². The summed E-state index contributed by atoms with van der Waals surface area (Å²) in [6.07, 6.45) is 0. The summed E-state index contributed by atoms with van der Waals surface area (Å²) in [5.41, 5.74) is 1.25. The van der Waals surface area contributed by atoms with Crippen LogP contribution >= 0.6 is 11.6 Å². The molecule has 3 aromatic carbocycles. The average molecular weight is 546 g/mol. The van der Waals surface area contributed by atoms with Gasteiger partial charge in [-0.3, -0.25) is 13.9 Å². The number of amides is 2. The van der Waals surface area contributed by atoms with Crippen molar-refractivity contribution in [3.63, 3.8) is 0 Å². The van der Waals surface area contributed by atoms with E-state index in [-0.39, 0.29) is 27.7 Å². The number of halogens is 2. The molecule has 0 bridgehead atoms. The van der Waals surface area contributed by atoms with Gasteiger partial charge in [-0.25, -0.2) is 12.8 Å². The number of hydrogen-bond acceptors (Lipinski definition) is 4. The number of anilines is 1. The van der Waals surface area contributed by atoms with Crippen LogP contribution in [-0.2, 0) is 26.2 Å². The summed E-state index contributed by atoms with van der Waals surface area (Å²) in [6.45, 7) is 4.57. The first-order valence-corrected chi connectivity index (χ1v) is 13.5. The molecule has 0 saturated carbocycles. The molecule has 0 aromatic heterocycles. The fourth-order valence-corrected chi connectivity index (χ4v) is 5.30. The lowest BCUT2D eigenvalue weighted by molar-refractivity contribution is -0.139. The Morgan fingerprint density at radius 1 is 1.03 bits per heavy atom. The van der Waals surface area contributed by atoms with Crippen LogP contribution in [-0.4, -0.2) is 44.3 Å². The first kappa shape index (κ1) is 28.1. The second kappa shape index (κ2) is 12.2. The molecule has 0 fully saturated rings. The van der Waals surface area contributed by atoms with Gasteiger partial charge in [-0.2, -0.15) is 0 Å². The number of hydrogen-bond donors (Lipinski definition) is 1. The van der Waals surface area contributed by atoms with Gasteiger partial charge in [0, 0.05) is 23.7 Å². The highest BCUT2D eigenvalue weighted by Crippen LogP contribution is 2.27. The highest BCUT2D eigenvalue weighted by atomic mass is 35.5. The van der Waals surface area contributed by atoms with Gasteiger partial charge in [-0.05, 0) is 57.2 Å². The van der Waals surface area contributed by atoms with E-state index in [2.05, 4.69) is 5.32 Å². The van der Waals surface area contributed by atoms with E-state index in [1.807, 2.05) is 6.92 Å². The van der Waals surface area contributed by atoms with E-state index in [0.717, 1.165) is 9.87 Å². The van der Waals surface area contributed by atoms with Gasteiger partial charge in [0.15, 0.2) is 0 Å². The molecule has 3 aromatic rings. The Balaban J connectivity index is 2.04. The number of rotatable bonds is 10. The fourth-order valence-electron chi connectivity index (χ4n) is 3.71. The van der Waals surface area contributed by atoms with Gasteiger partial charge < -0.3 is 10.2 Å². The van der Waals surface area contributed by atoms with Crippen LogP contribution in [0, 0.1) is 12.7 Å². The maximum atomic E-state index is 14.5. The number of nitrogens with one attached hydrogen (secondary N) is 1. The van der Waals surface area contributed by atoms with Crippen molar-refractivity contribution in [2.75, 3.05) is 17.4 Å². The lowest BCUT2D eigenvalue weighted by atomic mass is 10.1. The largest absolute Gasteiger partial charge is 0.355 e. The van der Waals surface area contributed by atoms with E-state index < -0.39 is 40.2 Å². The zero-order chi connectivity index (χ0) is 27.2. The molecule has 0 aliphatic rings. The van der Waals surface area contributed by atoms with Crippen molar-refractivity contribution >= 4 is 39.1 Å². The third-order valence-corrected chi connectivity index (χ3v) is 7.82. The number of likely N-dealkylation sites (N-methyl/N-ethyl adjacent to an activating group) is 1. The molecule has 0 aliphatic carbocycles. The van der Waals surface area contributed by atoms with Crippen LogP contribution in [0.15, 0.2) is 77.7 Å². The molecule has 1 N–H and O–H groups in total. The zero-order valence-electron chi connectivity index (χ0n) is 20.8. The van der Waals surface area contributed by atoms with E-state index in [0.29, 0.717) is 6.54 Å². The average Bonchev–Trinajstić information content (AvgIpc) is 2.86. The number of sulfonamides is 1. The molecule has 0 unspecified atom stereocenters. The molecule has 37 heavy (non-hydrogen) atoms. The third kappa shape index (κ3) is 6.87. The first-order valence-electron chi connectivity index (χ1n) is 11.7. The third-order valence-electron chi connectivity index (χ3n) is 5.80. The van der Waals surface area contributed by atoms with Crippen molar-refractivity contribution in [3.8, 4) is 0 Å². The van der Waals surface area contributed by atoms with Crippen LogP contribution in [0.2, 0.25) is 5.02 Å². The van der Waals surface area contributed by atoms with E-state index in [4.69, 9.17) is 11.6 Å². The van der Waals surface area contributed by atoms with Crippen molar-refractivity contribution in [2.45, 2.75) is 38.3 Å². The fraction of sp³-hybridized carbons (Fsp3) is 0.259. The van der Waals surface area contributed by atoms with Crippen LogP contribution in [0.25, 0.3) is 0 Å². The number of carbonyl (C=O) groups is 2. The Morgan fingerprint density at radius 2 is 1.70 bits per heavy atom. The minimum absolute atomic E-state index is 0.0108. The van der Waals surface area contributed by atoms with E-state index >= 15 is 0 Å². The van der Waals surface area contributed by atoms with Crippen LogP contribution < -0.4 is 9.62 Å². The Morgan fingerprint density at radius 3 is 2.32 bits per heavy atom. The number of benzene rings is 3. The van der Waals surface area contributed by atoms with Gasteiger partial charge in [0.1, 0.15) is 18.4 Å². The SMILES string of the molecule is CCNC(=O)[C@H](C)N(Cc1ccccc1F)C(=O)CN(c1cccc(Cl)c1)S(=O)(=O)c1ccc(C)cc1. The van der Waals surface area contributed by atoms with Gasteiger partial charge in [0.2, 0.25) is 11.8 Å². The molecule has 2 amide bonds. The summed E-state index contributed by atoms with van der Waals surface area (Å²) in [5, 5.41) is 2.94. The molecule has 0 spiro atoms. The maximum absolute atomic E-state index is 14.5. The highest BCUT2D eigenvalue weighted by molar-refractivity contribution is 7.92.